The molecule has 14 heavy (non-hydrogen) atoms. The Hall–Kier alpha value is -0.820. The first-order valence-corrected chi connectivity index (χ1v) is 5.67. The highest BCUT2D eigenvalue weighted by Gasteiger charge is 2.21. The lowest BCUT2D eigenvalue weighted by Gasteiger charge is -2.30. The minimum Gasteiger partial charge on any atom is -0.316 e. The van der Waals surface area contributed by atoms with Gasteiger partial charge in [-0.15, -0.1) is 0 Å². The molecule has 2 unspecified atom stereocenters. The van der Waals surface area contributed by atoms with E-state index < -0.39 is 0 Å². The Balaban J connectivity index is 2.05. The molecule has 1 heteroatoms. The highest BCUT2D eigenvalue weighted by molar-refractivity contribution is 5.13. The quantitative estimate of drug-likeness (QED) is 0.618. The largest absolute Gasteiger partial charge is 0.316 e. The molecule has 2 rings (SSSR count). The van der Waals surface area contributed by atoms with E-state index in [1.165, 1.54) is 32.4 Å². The molecule has 0 spiro atoms. The molecule has 1 aliphatic heterocycles. The maximum atomic E-state index is 3.49. The van der Waals surface area contributed by atoms with Crippen molar-refractivity contribution in [1.29, 1.82) is 0 Å². The van der Waals surface area contributed by atoms with Gasteiger partial charge in [-0.3, -0.25) is 0 Å². The average Bonchev–Trinajstić information content (AvgIpc) is 2.25. The van der Waals surface area contributed by atoms with E-state index in [1.54, 1.807) is 0 Å². The molecule has 1 heterocycles. The Kier molecular flexibility index (Phi) is 3.58. The van der Waals surface area contributed by atoms with Crippen LogP contribution < -0.4 is 5.32 Å². The van der Waals surface area contributed by atoms with Crippen LogP contribution >= 0.6 is 0 Å². The second kappa shape index (κ2) is 5.16. The van der Waals surface area contributed by atoms with Gasteiger partial charge in [-0.25, -0.2) is 0 Å². The van der Waals surface area contributed by atoms with Gasteiger partial charge in [0.15, 0.2) is 0 Å². The van der Waals surface area contributed by atoms with Crippen molar-refractivity contribution in [3.8, 4) is 0 Å². The summed E-state index contributed by atoms with van der Waals surface area (Å²) in [6, 6.07) is 0. The SMILES string of the molecule is C1=CC=CC2CCNCC2CCC=C1. The highest BCUT2D eigenvalue weighted by Crippen LogP contribution is 2.25. The second-order valence-corrected chi connectivity index (χ2v) is 4.19. The van der Waals surface area contributed by atoms with Gasteiger partial charge in [0.2, 0.25) is 0 Å². The third-order valence-electron chi connectivity index (χ3n) is 3.20. The van der Waals surface area contributed by atoms with E-state index in [0.29, 0.717) is 0 Å². The number of hydrogen-bond donors (Lipinski definition) is 1. The summed E-state index contributed by atoms with van der Waals surface area (Å²) in [5.41, 5.74) is 0. The molecule has 0 bridgehead atoms. The Morgan fingerprint density at radius 2 is 1.93 bits per heavy atom. The van der Waals surface area contributed by atoms with Crippen LogP contribution in [-0.2, 0) is 0 Å². The van der Waals surface area contributed by atoms with Gasteiger partial charge in [0, 0.05) is 0 Å². The van der Waals surface area contributed by atoms with Crippen LogP contribution in [0.2, 0.25) is 0 Å². The molecular formula is C13H19N. The summed E-state index contributed by atoms with van der Waals surface area (Å²) >= 11 is 0. The van der Waals surface area contributed by atoms with Gasteiger partial charge in [-0.1, -0.05) is 36.5 Å². The van der Waals surface area contributed by atoms with Crippen molar-refractivity contribution in [1.82, 2.24) is 5.32 Å². The molecule has 1 fully saturated rings. The molecule has 1 saturated heterocycles. The van der Waals surface area contributed by atoms with E-state index in [2.05, 4.69) is 41.8 Å². The molecule has 2 aliphatic rings. The van der Waals surface area contributed by atoms with Crippen molar-refractivity contribution < 1.29 is 0 Å². The Morgan fingerprint density at radius 3 is 2.93 bits per heavy atom. The maximum Gasteiger partial charge on any atom is -0.00148 e. The average molecular weight is 189 g/mol. The van der Waals surface area contributed by atoms with E-state index in [0.717, 1.165) is 11.8 Å². The summed E-state index contributed by atoms with van der Waals surface area (Å²) in [5, 5.41) is 3.49. The number of hydrogen-bond acceptors (Lipinski definition) is 1. The smallest absolute Gasteiger partial charge is 0.00148 e. The molecular weight excluding hydrogens is 170 g/mol. The zero-order valence-corrected chi connectivity index (χ0v) is 8.65. The van der Waals surface area contributed by atoms with E-state index in [4.69, 9.17) is 0 Å². The molecule has 76 valence electrons. The summed E-state index contributed by atoms with van der Waals surface area (Å²) in [6.07, 6.45) is 17.1. The van der Waals surface area contributed by atoms with Gasteiger partial charge in [0.1, 0.15) is 0 Å². The lowest BCUT2D eigenvalue weighted by molar-refractivity contribution is 0.288. The summed E-state index contributed by atoms with van der Waals surface area (Å²) in [4.78, 5) is 0. The van der Waals surface area contributed by atoms with Crippen LogP contribution in [0.4, 0.5) is 0 Å². The van der Waals surface area contributed by atoms with Crippen LogP contribution in [0.5, 0.6) is 0 Å². The molecule has 1 aliphatic carbocycles. The van der Waals surface area contributed by atoms with Crippen molar-refractivity contribution in [2.45, 2.75) is 19.3 Å². The Labute approximate surface area is 86.6 Å². The Morgan fingerprint density at radius 1 is 1.00 bits per heavy atom. The van der Waals surface area contributed by atoms with E-state index in [-0.39, 0.29) is 0 Å². The zero-order valence-electron chi connectivity index (χ0n) is 8.65. The van der Waals surface area contributed by atoms with Gasteiger partial charge in [0.05, 0.1) is 0 Å². The summed E-state index contributed by atoms with van der Waals surface area (Å²) in [5.74, 6) is 1.64. The molecule has 0 radical (unpaired) electrons. The van der Waals surface area contributed by atoms with Crippen LogP contribution in [-0.4, -0.2) is 13.1 Å². The molecule has 0 amide bonds. The molecule has 0 aromatic heterocycles. The second-order valence-electron chi connectivity index (χ2n) is 4.19. The minimum absolute atomic E-state index is 0.799. The third-order valence-corrected chi connectivity index (χ3v) is 3.20. The monoisotopic (exact) mass is 189 g/mol. The van der Waals surface area contributed by atoms with Gasteiger partial charge >= 0.3 is 0 Å². The lowest BCUT2D eigenvalue weighted by atomic mass is 9.83. The number of allylic oxidation sites excluding steroid dienone is 6. The molecule has 0 aromatic carbocycles. The van der Waals surface area contributed by atoms with Gasteiger partial charge in [-0.05, 0) is 44.2 Å². The van der Waals surface area contributed by atoms with Crippen molar-refractivity contribution in [3.63, 3.8) is 0 Å². The first-order chi connectivity index (χ1) is 6.97. The summed E-state index contributed by atoms with van der Waals surface area (Å²) in [7, 11) is 0. The Bertz CT molecular complexity index is 250. The zero-order chi connectivity index (χ0) is 9.64. The topological polar surface area (TPSA) is 12.0 Å². The fourth-order valence-electron chi connectivity index (χ4n) is 2.33. The summed E-state index contributed by atoms with van der Waals surface area (Å²) in [6.45, 7) is 2.39. The first-order valence-electron chi connectivity index (χ1n) is 5.67. The van der Waals surface area contributed by atoms with Crippen molar-refractivity contribution >= 4 is 0 Å². The van der Waals surface area contributed by atoms with Crippen LogP contribution in [0.3, 0.4) is 0 Å². The molecule has 0 aromatic rings. The normalized spacial score (nSPS) is 32.6. The molecule has 1 N–H and O–H groups in total. The van der Waals surface area contributed by atoms with Gasteiger partial charge in [-0.2, -0.15) is 0 Å². The van der Waals surface area contributed by atoms with Crippen LogP contribution in [0.15, 0.2) is 36.5 Å². The minimum atomic E-state index is 0.799. The standard InChI is InChI=1S/C13H19N/c1-2-4-6-8-13-11-14-10-9-12(13)7-5-3-1/h1-5,7,12-14H,6,8-11H2. The highest BCUT2D eigenvalue weighted by atomic mass is 14.9. The molecule has 1 nitrogen and oxygen atoms in total. The lowest BCUT2D eigenvalue weighted by Crippen LogP contribution is -2.35. The van der Waals surface area contributed by atoms with Crippen LogP contribution in [0.1, 0.15) is 19.3 Å². The number of fused-ring (bicyclic) bond motifs is 1. The van der Waals surface area contributed by atoms with Crippen molar-refractivity contribution in [2.24, 2.45) is 11.8 Å². The van der Waals surface area contributed by atoms with Crippen LogP contribution in [0.25, 0.3) is 0 Å². The third kappa shape index (κ3) is 2.58. The molecule has 0 saturated carbocycles. The van der Waals surface area contributed by atoms with Crippen molar-refractivity contribution in [2.75, 3.05) is 13.1 Å². The van der Waals surface area contributed by atoms with Gasteiger partial charge < -0.3 is 5.32 Å². The predicted molar refractivity (Wildman–Crippen MR) is 61.1 cm³/mol. The molecule has 2 atom stereocenters. The fraction of sp³-hybridized carbons (Fsp3) is 0.538. The van der Waals surface area contributed by atoms with Crippen molar-refractivity contribution in [3.05, 3.63) is 36.5 Å². The summed E-state index contributed by atoms with van der Waals surface area (Å²) < 4.78 is 0. The van der Waals surface area contributed by atoms with E-state index in [1.807, 2.05) is 0 Å². The fourth-order valence-corrected chi connectivity index (χ4v) is 2.33. The maximum absolute atomic E-state index is 3.49. The first kappa shape index (κ1) is 9.72. The predicted octanol–water partition coefficient (Wildman–Crippen LogP) is 2.67. The number of rotatable bonds is 0. The number of piperidine rings is 1. The van der Waals surface area contributed by atoms with Crippen LogP contribution in [0, 0.1) is 11.8 Å². The van der Waals surface area contributed by atoms with Gasteiger partial charge in [0.25, 0.3) is 0 Å². The van der Waals surface area contributed by atoms with E-state index >= 15 is 0 Å². The van der Waals surface area contributed by atoms with E-state index in [9.17, 15) is 0 Å². The number of nitrogens with one attached hydrogen (secondary N) is 1.